The average Bonchev–Trinajstić information content (AvgIpc) is 3.29. The second-order valence-corrected chi connectivity index (χ2v) is 8.37. The molecule has 1 fully saturated rings. The van der Waals surface area contributed by atoms with Crippen LogP contribution in [0.25, 0.3) is 10.8 Å². The molecule has 136 valence electrons. The molecule has 0 spiro atoms. The van der Waals surface area contributed by atoms with Crippen molar-refractivity contribution in [1.82, 2.24) is 4.90 Å². The second kappa shape index (κ2) is 6.70. The van der Waals surface area contributed by atoms with E-state index in [2.05, 4.69) is 76.6 Å². The van der Waals surface area contributed by atoms with Crippen molar-refractivity contribution in [2.24, 2.45) is 4.99 Å². The molecular formula is C23H22N2OS. The second-order valence-electron chi connectivity index (χ2n) is 7.20. The first-order chi connectivity index (χ1) is 13.3. The summed E-state index contributed by atoms with van der Waals surface area (Å²) in [6.07, 6.45) is 1.86. The van der Waals surface area contributed by atoms with Crippen molar-refractivity contribution in [2.75, 3.05) is 13.1 Å². The molecular weight excluding hydrogens is 352 g/mol. The van der Waals surface area contributed by atoms with Gasteiger partial charge in [-0.25, -0.2) is 0 Å². The van der Waals surface area contributed by atoms with E-state index in [1.165, 1.54) is 10.9 Å². The van der Waals surface area contributed by atoms with Crippen LogP contribution in [0.2, 0.25) is 0 Å². The molecule has 5 rings (SSSR count). The Balaban J connectivity index is 1.56. The van der Waals surface area contributed by atoms with E-state index in [1.54, 1.807) is 11.8 Å². The third kappa shape index (κ3) is 2.75. The van der Waals surface area contributed by atoms with Gasteiger partial charge in [-0.3, -0.25) is 4.99 Å². The number of rotatable bonds is 4. The van der Waals surface area contributed by atoms with Gasteiger partial charge in [-0.1, -0.05) is 84.6 Å². The first-order valence-corrected chi connectivity index (χ1v) is 10.4. The van der Waals surface area contributed by atoms with Gasteiger partial charge in [0.2, 0.25) is 0 Å². The zero-order chi connectivity index (χ0) is 18.3. The first-order valence-electron chi connectivity index (χ1n) is 9.50. The van der Waals surface area contributed by atoms with Gasteiger partial charge in [-0.05, 0) is 29.2 Å². The van der Waals surface area contributed by atoms with E-state index in [0.29, 0.717) is 0 Å². The van der Waals surface area contributed by atoms with Gasteiger partial charge >= 0.3 is 0 Å². The van der Waals surface area contributed by atoms with Crippen LogP contribution in [0.15, 0.2) is 77.8 Å². The molecule has 3 aromatic rings. The van der Waals surface area contributed by atoms with Crippen molar-refractivity contribution >= 4 is 27.7 Å². The molecule has 3 aromatic carbocycles. The van der Waals surface area contributed by atoms with Crippen molar-refractivity contribution in [2.45, 2.75) is 23.8 Å². The molecule has 0 saturated carbocycles. The lowest BCUT2D eigenvalue weighted by Gasteiger charge is -2.37. The molecule has 0 aliphatic carbocycles. The third-order valence-electron chi connectivity index (χ3n) is 5.63. The minimum absolute atomic E-state index is 0.0579. The van der Waals surface area contributed by atoms with Crippen molar-refractivity contribution < 1.29 is 5.11 Å². The number of thioether (sulfide) groups is 1. The molecule has 2 aliphatic rings. The molecule has 2 unspecified atom stereocenters. The SMILES string of the molecule is OC1(c2cccc3ccccc23)C(CCc2ccccc2)SC2=NCCN21. The van der Waals surface area contributed by atoms with Gasteiger partial charge in [-0.2, -0.15) is 0 Å². The van der Waals surface area contributed by atoms with Crippen molar-refractivity contribution in [3.8, 4) is 0 Å². The van der Waals surface area contributed by atoms with Gasteiger partial charge in [0.25, 0.3) is 0 Å². The number of aryl methyl sites for hydroxylation is 1. The summed E-state index contributed by atoms with van der Waals surface area (Å²) in [4.78, 5) is 6.77. The van der Waals surface area contributed by atoms with E-state index >= 15 is 0 Å². The highest BCUT2D eigenvalue weighted by molar-refractivity contribution is 8.14. The van der Waals surface area contributed by atoms with Crippen LogP contribution in [0.1, 0.15) is 17.5 Å². The monoisotopic (exact) mass is 374 g/mol. The fourth-order valence-electron chi connectivity index (χ4n) is 4.29. The maximum Gasteiger partial charge on any atom is 0.179 e. The van der Waals surface area contributed by atoms with E-state index in [4.69, 9.17) is 0 Å². The van der Waals surface area contributed by atoms with Gasteiger partial charge in [0.1, 0.15) is 0 Å². The number of hydrogen-bond donors (Lipinski definition) is 1. The van der Waals surface area contributed by atoms with Crippen LogP contribution in [0.5, 0.6) is 0 Å². The molecule has 1 N–H and O–H groups in total. The predicted octanol–water partition coefficient (Wildman–Crippen LogP) is 4.40. The van der Waals surface area contributed by atoms with E-state index in [9.17, 15) is 5.11 Å². The Bertz CT molecular complexity index is 998. The zero-order valence-electron chi connectivity index (χ0n) is 15.1. The van der Waals surface area contributed by atoms with Crippen molar-refractivity contribution in [3.63, 3.8) is 0 Å². The number of benzene rings is 3. The maximum absolute atomic E-state index is 12.1. The summed E-state index contributed by atoms with van der Waals surface area (Å²) >= 11 is 1.74. The molecule has 2 atom stereocenters. The van der Waals surface area contributed by atoms with Crippen molar-refractivity contribution in [3.05, 3.63) is 83.9 Å². The lowest BCUT2D eigenvalue weighted by atomic mass is 9.89. The smallest absolute Gasteiger partial charge is 0.179 e. The zero-order valence-corrected chi connectivity index (χ0v) is 15.9. The Morgan fingerprint density at radius 1 is 1.00 bits per heavy atom. The molecule has 27 heavy (non-hydrogen) atoms. The molecule has 0 amide bonds. The van der Waals surface area contributed by atoms with Gasteiger partial charge in [0.15, 0.2) is 10.9 Å². The average molecular weight is 375 g/mol. The fraction of sp³-hybridized carbons (Fsp3) is 0.261. The topological polar surface area (TPSA) is 35.8 Å². The summed E-state index contributed by atoms with van der Waals surface area (Å²) in [5, 5.41) is 15.4. The molecule has 1 saturated heterocycles. The molecule has 0 bridgehead atoms. The summed E-state index contributed by atoms with van der Waals surface area (Å²) in [5.74, 6) is 0. The summed E-state index contributed by atoms with van der Waals surface area (Å²) in [7, 11) is 0. The largest absolute Gasteiger partial charge is 0.366 e. The molecule has 4 heteroatoms. The summed E-state index contributed by atoms with van der Waals surface area (Å²) in [5.41, 5.74) is 1.29. The molecule has 3 nitrogen and oxygen atoms in total. The minimum Gasteiger partial charge on any atom is -0.366 e. The van der Waals surface area contributed by atoms with Crippen LogP contribution < -0.4 is 0 Å². The Labute approximate surface area is 163 Å². The normalized spacial score (nSPS) is 24.3. The third-order valence-corrected chi connectivity index (χ3v) is 7.04. The van der Waals surface area contributed by atoms with Gasteiger partial charge in [-0.15, -0.1) is 0 Å². The van der Waals surface area contributed by atoms with Crippen LogP contribution in [0.4, 0.5) is 0 Å². The van der Waals surface area contributed by atoms with Crippen LogP contribution in [0.3, 0.4) is 0 Å². The summed E-state index contributed by atoms with van der Waals surface area (Å²) < 4.78 is 0. The Morgan fingerprint density at radius 3 is 2.67 bits per heavy atom. The first kappa shape index (κ1) is 16.8. The number of aliphatic hydroxyl groups is 1. The van der Waals surface area contributed by atoms with E-state index in [-0.39, 0.29) is 5.25 Å². The van der Waals surface area contributed by atoms with Crippen LogP contribution in [-0.4, -0.2) is 33.5 Å². The summed E-state index contributed by atoms with van der Waals surface area (Å²) in [6, 6.07) is 25.1. The number of nitrogens with zero attached hydrogens (tertiary/aromatic N) is 2. The molecule has 0 radical (unpaired) electrons. The van der Waals surface area contributed by atoms with E-state index in [1.807, 2.05) is 6.07 Å². The number of amidine groups is 1. The van der Waals surface area contributed by atoms with Gasteiger partial charge in [0, 0.05) is 12.1 Å². The predicted molar refractivity (Wildman–Crippen MR) is 113 cm³/mol. The van der Waals surface area contributed by atoms with Gasteiger partial charge in [0.05, 0.1) is 11.8 Å². The Morgan fingerprint density at radius 2 is 1.78 bits per heavy atom. The highest BCUT2D eigenvalue weighted by atomic mass is 32.2. The Hall–Kier alpha value is -2.30. The molecule has 0 aromatic heterocycles. The fourth-order valence-corrected chi connectivity index (χ4v) is 5.73. The molecule has 2 aliphatic heterocycles. The van der Waals surface area contributed by atoms with E-state index in [0.717, 1.165) is 42.0 Å². The van der Waals surface area contributed by atoms with Crippen LogP contribution in [0, 0.1) is 0 Å². The van der Waals surface area contributed by atoms with Gasteiger partial charge < -0.3 is 10.0 Å². The number of aliphatic imine (C=N–C) groups is 1. The minimum atomic E-state index is -1.02. The lowest BCUT2D eigenvalue weighted by molar-refractivity contribution is -0.0658. The van der Waals surface area contributed by atoms with E-state index < -0.39 is 5.72 Å². The standard InChI is InChI=1S/C23H22N2OS/c26-23(20-12-6-10-18-9-4-5-11-19(18)20)21(27-22-24-15-16-25(22)23)14-13-17-7-2-1-3-8-17/h1-12,21,26H,13-16H2. The quantitative estimate of drug-likeness (QED) is 0.735. The summed E-state index contributed by atoms with van der Waals surface area (Å²) in [6.45, 7) is 1.55. The lowest BCUT2D eigenvalue weighted by Crippen LogP contribution is -2.48. The van der Waals surface area contributed by atoms with Crippen LogP contribution >= 0.6 is 11.8 Å². The molecule has 2 heterocycles. The number of hydrogen-bond acceptors (Lipinski definition) is 4. The Kier molecular flexibility index (Phi) is 4.18. The number of fused-ring (bicyclic) bond motifs is 2. The highest BCUT2D eigenvalue weighted by Crippen LogP contribution is 2.49. The van der Waals surface area contributed by atoms with Crippen molar-refractivity contribution in [1.29, 1.82) is 0 Å². The highest BCUT2D eigenvalue weighted by Gasteiger charge is 2.53. The maximum atomic E-state index is 12.1. The van der Waals surface area contributed by atoms with Crippen LogP contribution in [-0.2, 0) is 12.1 Å².